The number of anilines is 4. The molecule has 0 radical (unpaired) electrons. The highest BCUT2D eigenvalue weighted by molar-refractivity contribution is 5.80. The van der Waals surface area contributed by atoms with Crippen LogP contribution in [0.3, 0.4) is 0 Å². The number of hydrogen-bond donors (Lipinski definition) is 4. The summed E-state index contributed by atoms with van der Waals surface area (Å²) in [5, 5.41) is 23.6. The van der Waals surface area contributed by atoms with Crippen molar-refractivity contribution in [3.8, 4) is 5.75 Å². The molecule has 14 heteroatoms. The van der Waals surface area contributed by atoms with Crippen LogP contribution in [0.5, 0.6) is 5.75 Å². The third kappa shape index (κ3) is 6.68. The Hall–Kier alpha value is -3.65. The molecule has 4 N–H and O–H groups in total. The zero-order valence-electron chi connectivity index (χ0n) is 22.5. The minimum atomic E-state index is -0.836. The van der Waals surface area contributed by atoms with Gasteiger partial charge in [-0.2, -0.15) is 15.6 Å². The molecule has 3 heterocycles. The van der Waals surface area contributed by atoms with E-state index in [0.29, 0.717) is 12.5 Å². The number of hydrazine groups is 1. The van der Waals surface area contributed by atoms with E-state index in [1.807, 2.05) is 0 Å². The number of carbonyl (C=O) groups is 1. The molecule has 1 aromatic heterocycles. The third-order valence-corrected chi connectivity index (χ3v) is 6.93. The quantitative estimate of drug-likeness (QED) is 0.189. The Morgan fingerprint density at radius 2 is 2.15 bits per heavy atom. The Kier molecular flexibility index (Phi) is 8.75. The molecule has 3 unspecified atom stereocenters. The van der Waals surface area contributed by atoms with E-state index in [9.17, 15) is 14.3 Å². The summed E-state index contributed by atoms with van der Waals surface area (Å²) in [5.74, 6) is -1.42. The highest BCUT2D eigenvalue weighted by atomic mass is 19.1. The molecule has 4 rings (SSSR count). The van der Waals surface area contributed by atoms with Gasteiger partial charge in [-0.25, -0.2) is 18.8 Å². The number of ether oxygens (including phenoxy) is 1. The highest BCUT2D eigenvalue weighted by Crippen LogP contribution is 2.39. The number of nitrogens with one attached hydrogen (secondary N) is 3. The van der Waals surface area contributed by atoms with Crippen molar-refractivity contribution in [2.75, 3.05) is 35.8 Å². The zero-order chi connectivity index (χ0) is 28.2. The summed E-state index contributed by atoms with van der Waals surface area (Å²) in [6, 6.07) is 2.78. The Morgan fingerprint density at radius 3 is 2.87 bits per heavy atom. The summed E-state index contributed by atoms with van der Waals surface area (Å²) < 4.78 is 35.3. The first-order valence-corrected chi connectivity index (χ1v) is 12.9. The number of piperidine rings is 1. The van der Waals surface area contributed by atoms with Crippen molar-refractivity contribution < 1.29 is 23.4 Å². The molecule has 0 aliphatic carbocycles. The topological polar surface area (TPSA) is 140 Å². The number of rotatable bonds is 11. The van der Waals surface area contributed by atoms with Gasteiger partial charge < -0.3 is 20.5 Å². The minimum absolute atomic E-state index is 0.0187. The zero-order valence-corrected chi connectivity index (χ0v) is 22.5. The second kappa shape index (κ2) is 12.0. The second-order valence-corrected chi connectivity index (χ2v) is 10.4. The summed E-state index contributed by atoms with van der Waals surface area (Å²) in [6.45, 7) is 6.85. The van der Waals surface area contributed by atoms with Crippen LogP contribution in [0.25, 0.3) is 0 Å². The lowest BCUT2D eigenvalue weighted by molar-refractivity contribution is -0.108. The fraction of sp³-hybridized carbons (Fsp3) is 0.560. The number of halogens is 2. The van der Waals surface area contributed by atoms with E-state index >= 15 is 4.39 Å². The van der Waals surface area contributed by atoms with Gasteiger partial charge in [0.05, 0.1) is 25.0 Å². The summed E-state index contributed by atoms with van der Waals surface area (Å²) in [6.07, 6.45) is 4.56. The van der Waals surface area contributed by atoms with Crippen molar-refractivity contribution in [2.24, 2.45) is 10.3 Å². The van der Waals surface area contributed by atoms with Crippen LogP contribution in [0, 0.1) is 11.6 Å². The molecule has 1 amide bonds. The van der Waals surface area contributed by atoms with Gasteiger partial charge in [0.15, 0.2) is 17.5 Å². The molecule has 2 aliphatic rings. The Morgan fingerprint density at radius 1 is 1.36 bits per heavy atom. The average Bonchev–Trinajstić information content (AvgIpc) is 3.36. The molecule has 1 aromatic carbocycles. The minimum Gasteiger partial charge on any atom is -0.489 e. The first-order chi connectivity index (χ1) is 18.6. The lowest BCUT2D eigenvalue weighted by atomic mass is 9.84. The van der Waals surface area contributed by atoms with Gasteiger partial charge in [-0.05, 0) is 59.1 Å². The average molecular weight is 548 g/mol. The number of hydrogen-bond acceptors (Lipinski definition) is 10. The van der Waals surface area contributed by atoms with Gasteiger partial charge >= 0.3 is 0 Å². The number of aliphatic hydroxyl groups excluding tert-OH is 1. The molecule has 3 atom stereocenters. The molecule has 2 fully saturated rings. The van der Waals surface area contributed by atoms with E-state index < -0.39 is 17.7 Å². The predicted molar refractivity (Wildman–Crippen MR) is 142 cm³/mol. The van der Waals surface area contributed by atoms with E-state index in [4.69, 9.17) is 4.74 Å². The van der Waals surface area contributed by atoms with Gasteiger partial charge in [0, 0.05) is 23.7 Å². The van der Waals surface area contributed by atoms with E-state index in [1.54, 1.807) is 0 Å². The Bertz CT molecular complexity index is 1200. The number of benzene rings is 1. The standard InChI is InChI=1S/C25H35F2N9O3/c1-15(38)13-39-22-9-18(26)20(10-21(22)36(14-37)34-33-28-4)31-24-29-12-19(27)23(32-24)30-16-8-17-6-5-7-35(17)25(2,3)11-16/h9-10,12,14-17,38H,5-8,11,13H2,1-4H3,(H,28,34)(H2,29,30,31,32). The Labute approximate surface area is 225 Å². The smallest absolute Gasteiger partial charge is 0.234 e. The lowest BCUT2D eigenvalue weighted by Crippen LogP contribution is -2.55. The summed E-state index contributed by atoms with van der Waals surface area (Å²) in [4.78, 5) is 22.5. The van der Waals surface area contributed by atoms with Crippen molar-refractivity contribution in [3.05, 3.63) is 30.0 Å². The monoisotopic (exact) mass is 547 g/mol. The fourth-order valence-electron chi connectivity index (χ4n) is 5.34. The highest BCUT2D eigenvalue weighted by Gasteiger charge is 2.43. The van der Waals surface area contributed by atoms with Crippen molar-refractivity contribution in [1.29, 1.82) is 0 Å². The summed E-state index contributed by atoms with van der Waals surface area (Å²) >= 11 is 0. The molecule has 2 saturated heterocycles. The molecule has 212 valence electrons. The number of carbonyl (C=O) groups excluding carboxylic acids is 1. The SMILES string of the molecule is CN=NNN(C=O)c1cc(Nc2ncc(F)c(NC3CC4CCCN4C(C)(C)C3)n2)c(F)cc1OCC(C)O. The number of amides is 1. The Balaban J connectivity index is 1.57. The molecule has 0 bridgehead atoms. The first kappa shape index (κ1) is 28.4. The normalized spacial score (nSPS) is 21.3. The maximum Gasteiger partial charge on any atom is 0.234 e. The van der Waals surface area contributed by atoms with Crippen molar-refractivity contribution in [2.45, 2.75) is 70.2 Å². The predicted octanol–water partition coefficient (Wildman–Crippen LogP) is 3.54. The van der Waals surface area contributed by atoms with Crippen LogP contribution >= 0.6 is 0 Å². The summed E-state index contributed by atoms with van der Waals surface area (Å²) in [7, 11) is 1.40. The van der Waals surface area contributed by atoms with Gasteiger partial charge in [0.2, 0.25) is 12.4 Å². The van der Waals surface area contributed by atoms with Gasteiger partial charge in [0.1, 0.15) is 18.0 Å². The van der Waals surface area contributed by atoms with E-state index in [1.165, 1.54) is 20.0 Å². The van der Waals surface area contributed by atoms with Gasteiger partial charge in [-0.3, -0.25) is 9.69 Å². The van der Waals surface area contributed by atoms with E-state index in [0.717, 1.165) is 49.5 Å². The molecule has 2 aliphatic heterocycles. The second-order valence-electron chi connectivity index (χ2n) is 10.4. The molecule has 0 spiro atoms. The van der Waals surface area contributed by atoms with Crippen LogP contribution in [0.15, 0.2) is 28.7 Å². The van der Waals surface area contributed by atoms with Crippen LogP contribution < -0.4 is 25.9 Å². The van der Waals surface area contributed by atoms with Crippen LogP contribution in [-0.4, -0.2) is 70.3 Å². The fourth-order valence-corrected chi connectivity index (χ4v) is 5.34. The summed E-state index contributed by atoms with van der Waals surface area (Å²) in [5.41, 5.74) is 2.35. The molecule has 39 heavy (non-hydrogen) atoms. The van der Waals surface area contributed by atoms with E-state index in [-0.39, 0.29) is 47.1 Å². The number of fused-ring (bicyclic) bond motifs is 1. The van der Waals surface area contributed by atoms with Gasteiger partial charge in [0.25, 0.3) is 0 Å². The molecular formula is C25H35F2N9O3. The first-order valence-electron chi connectivity index (χ1n) is 12.9. The van der Waals surface area contributed by atoms with Crippen LogP contribution in [-0.2, 0) is 4.79 Å². The largest absolute Gasteiger partial charge is 0.489 e. The van der Waals surface area contributed by atoms with Crippen LogP contribution in [0.2, 0.25) is 0 Å². The maximum atomic E-state index is 15.1. The number of nitrogens with zero attached hydrogens (tertiary/aromatic N) is 6. The van der Waals surface area contributed by atoms with E-state index in [2.05, 4.69) is 55.2 Å². The lowest BCUT2D eigenvalue weighted by Gasteiger charge is -2.47. The van der Waals surface area contributed by atoms with Crippen molar-refractivity contribution in [3.63, 3.8) is 0 Å². The van der Waals surface area contributed by atoms with Gasteiger partial charge in [-0.1, -0.05) is 5.22 Å². The number of aliphatic hydroxyl groups is 1. The molecular weight excluding hydrogens is 512 g/mol. The van der Waals surface area contributed by atoms with Crippen molar-refractivity contribution in [1.82, 2.24) is 20.4 Å². The third-order valence-electron chi connectivity index (χ3n) is 6.93. The molecule has 2 aromatic rings. The van der Waals surface area contributed by atoms with Crippen LogP contribution in [0.1, 0.15) is 46.5 Å². The number of aromatic nitrogens is 2. The van der Waals surface area contributed by atoms with Crippen molar-refractivity contribution >= 4 is 29.6 Å². The van der Waals surface area contributed by atoms with Crippen LogP contribution in [0.4, 0.5) is 31.9 Å². The maximum absolute atomic E-state index is 15.1. The van der Waals surface area contributed by atoms with Gasteiger partial charge in [-0.15, -0.1) is 0 Å². The molecule has 0 saturated carbocycles. The molecule has 12 nitrogen and oxygen atoms in total.